The van der Waals surface area contributed by atoms with Gasteiger partial charge in [0.1, 0.15) is 11.6 Å². The van der Waals surface area contributed by atoms with E-state index in [0.29, 0.717) is 0 Å². The number of hydrogen-bond donors (Lipinski definition) is 1. The zero-order valence-corrected chi connectivity index (χ0v) is 10.9. The van der Waals surface area contributed by atoms with Gasteiger partial charge in [0.15, 0.2) is 5.69 Å². The lowest BCUT2D eigenvalue weighted by Gasteiger charge is -2.08. The van der Waals surface area contributed by atoms with Gasteiger partial charge in [-0.25, -0.2) is 9.37 Å². The molecule has 1 heterocycles. The maximum atomic E-state index is 13.9. The zero-order valence-electron chi connectivity index (χ0n) is 10.2. The van der Waals surface area contributed by atoms with E-state index in [0.717, 1.165) is 16.8 Å². The minimum atomic E-state index is -4.62. The molecule has 0 radical (unpaired) electrons. The number of benzene rings is 1. The summed E-state index contributed by atoms with van der Waals surface area (Å²) in [6.45, 7) is -0.425. The van der Waals surface area contributed by atoms with E-state index in [4.69, 9.17) is 16.7 Å². The lowest BCUT2D eigenvalue weighted by Crippen LogP contribution is -2.05. The summed E-state index contributed by atoms with van der Waals surface area (Å²) in [6.07, 6.45) is -3.87. The number of alkyl halides is 3. The second kappa shape index (κ2) is 5.06. The molecule has 2 aromatic rings. The summed E-state index contributed by atoms with van der Waals surface area (Å²) in [5, 5.41) is 8.80. The first-order valence-corrected chi connectivity index (χ1v) is 5.81. The van der Waals surface area contributed by atoms with Crippen molar-refractivity contribution in [2.75, 3.05) is 0 Å². The van der Waals surface area contributed by atoms with Crippen LogP contribution in [-0.2, 0) is 19.8 Å². The van der Waals surface area contributed by atoms with Gasteiger partial charge < -0.3 is 9.67 Å². The molecule has 0 fully saturated rings. The van der Waals surface area contributed by atoms with Crippen molar-refractivity contribution in [3.8, 4) is 11.4 Å². The molecular formula is C12H9ClF4N2O. The summed E-state index contributed by atoms with van der Waals surface area (Å²) in [7, 11) is 1.31. The zero-order chi connectivity index (χ0) is 15.1. The highest BCUT2D eigenvalue weighted by Gasteiger charge is 2.35. The lowest BCUT2D eigenvalue weighted by atomic mass is 10.1. The second-order valence-corrected chi connectivity index (χ2v) is 4.56. The van der Waals surface area contributed by atoms with E-state index in [-0.39, 0.29) is 22.0 Å². The summed E-state index contributed by atoms with van der Waals surface area (Å²) in [5.41, 5.74) is -1.14. The maximum absolute atomic E-state index is 13.9. The molecule has 1 aromatic heterocycles. The highest BCUT2D eigenvalue weighted by atomic mass is 35.5. The molecule has 8 heteroatoms. The molecule has 1 N–H and O–H groups in total. The quantitative estimate of drug-likeness (QED) is 0.864. The summed E-state index contributed by atoms with van der Waals surface area (Å²) in [5.74, 6) is -1.08. The Morgan fingerprint density at radius 2 is 2.00 bits per heavy atom. The normalized spacial score (nSPS) is 11.9. The van der Waals surface area contributed by atoms with Crippen molar-refractivity contribution in [3.05, 3.63) is 40.4 Å². The molecule has 0 spiro atoms. The number of aliphatic hydroxyl groups is 1. The molecule has 0 saturated carbocycles. The number of hydrogen-bond acceptors (Lipinski definition) is 2. The van der Waals surface area contributed by atoms with Crippen LogP contribution in [0.25, 0.3) is 11.4 Å². The van der Waals surface area contributed by atoms with Crippen LogP contribution in [-0.4, -0.2) is 14.7 Å². The molecule has 0 saturated heterocycles. The SMILES string of the molecule is Cn1cc(C(F)(F)F)nc1-c1c(F)cc(CO)cc1Cl. The summed E-state index contributed by atoms with van der Waals surface area (Å²) < 4.78 is 52.7. The first-order chi connectivity index (χ1) is 9.24. The Morgan fingerprint density at radius 1 is 1.35 bits per heavy atom. The van der Waals surface area contributed by atoms with E-state index in [1.807, 2.05) is 0 Å². The van der Waals surface area contributed by atoms with Crippen molar-refractivity contribution >= 4 is 11.6 Å². The largest absolute Gasteiger partial charge is 0.434 e. The Kier molecular flexibility index (Phi) is 3.75. The Morgan fingerprint density at radius 3 is 2.45 bits per heavy atom. The first-order valence-electron chi connectivity index (χ1n) is 5.43. The van der Waals surface area contributed by atoms with Crippen molar-refractivity contribution < 1.29 is 22.7 Å². The highest BCUT2D eigenvalue weighted by molar-refractivity contribution is 6.33. The Hall–Kier alpha value is -1.60. The van der Waals surface area contributed by atoms with E-state index in [1.165, 1.54) is 13.1 Å². The van der Waals surface area contributed by atoms with E-state index < -0.39 is 24.3 Å². The van der Waals surface area contributed by atoms with Crippen LogP contribution in [0.1, 0.15) is 11.3 Å². The number of halogens is 5. The number of aliphatic hydroxyl groups excluding tert-OH is 1. The van der Waals surface area contributed by atoms with Crippen LogP contribution in [0, 0.1) is 5.82 Å². The molecule has 20 heavy (non-hydrogen) atoms. The molecule has 2 rings (SSSR count). The van der Waals surface area contributed by atoms with Crippen molar-refractivity contribution in [1.82, 2.24) is 9.55 Å². The predicted octanol–water partition coefficient (Wildman–Crippen LogP) is 3.39. The predicted molar refractivity (Wildman–Crippen MR) is 64.5 cm³/mol. The molecule has 1 aromatic carbocycles. The van der Waals surface area contributed by atoms with Crippen molar-refractivity contribution in [2.24, 2.45) is 7.05 Å². The van der Waals surface area contributed by atoms with Gasteiger partial charge in [-0.15, -0.1) is 0 Å². The minimum Gasteiger partial charge on any atom is -0.392 e. The monoisotopic (exact) mass is 308 g/mol. The molecule has 108 valence electrons. The van der Waals surface area contributed by atoms with E-state index in [9.17, 15) is 17.6 Å². The van der Waals surface area contributed by atoms with Crippen LogP contribution in [0.5, 0.6) is 0 Å². The van der Waals surface area contributed by atoms with Crippen molar-refractivity contribution in [3.63, 3.8) is 0 Å². The number of aryl methyl sites for hydroxylation is 1. The van der Waals surface area contributed by atoms with Gasteiger partial charge in [0, 0.05) is 13.2 Å². The molecule has 0 aliphatic rings. The van der Waals surface area contributed by atoms with Crippen molar-refractivity contribution in [1.29, 1.82) is 0 Å². The summed E-state index contributed by atoms with van der Waals surface area (Å²) >= 11 is 5.86. The molecule has 0 aliphatic heterocycles. The van der Waals surface area contributed by atoms with Gasteiger partial charge in [0.05, 0.1) is 17.2 Å². The average Bonchev–Trinajstić information content (AvgIpc) is 2.70. The molecule has 0 amide bonds. The van der Waals surface area contributed by atoms with Crippen LogP contribution in [0.15, 0.2) is 18.3 Å². The fourth-order valence-corrected chi connectivity index (χ4v) is 2.08. The van der Waals surface area contributed by atoms with Crippen LogP contribution in [0.3, 0.4) is 0 Å². The average molecular weight is 309 g/mol. The van der Waals surface area contributed by atoms with Gasteiger partial charge in [0.2, 0.25) is 0 Å². The fourth-order valence-electron chi connectivity index (χ4n) is 1.77. The third kappa shape index (κ3) is 2.64. The third-order valence-electron chi connectivity index (χ3n) is 2.67. The van der Waals surface area contributed by atoms with Crippen LogP contribution < -0.4 is 0 Å². The molecule has 0 bridgehead atoms. The van der Waals surface area contributed by atoms with E-state index in [2.05, 4.69) is 4.98 Å². The number of aromatic nitrogens is 2. The van der Waals surface area contributed by atoms with Crippen LogP contribution >= 0.6 is 11.6 Å². The smallest absolute Gasteiger partial charge is 0.392 e. The molecule has 0 atom stereocenters. The Labute approximate surface area is 116 Å². The Balaban J connectivity index is 2.61. The standard InChI is InChI=1S/C12H9ClF4N2O/c1-19-4-9(12(15,16)17)18-11(19)10-7(13)2-6(5-20)3-8(10)14/h2-4,20H,5H2,1H3. The van der Waals surface area contributed by atoms with Crippen LogP contribution in [0.2, 0.25) is 5.02 Å². The minimum absolute atomic E-state index is 0.114. The summed E-state index contributed by atoms with van der Waals surface area (Å²) in [4.78, 5) is 3.38. The first kappa shape index (κ1) is 14.8. The van der Waals surface area contributed by atoms with Crippen molar-refractivity contribution in [2.45, 2.75) is 12.8 Å². The van der Waals surface area contributed by atoms with Gasteiger partial charge in [-0.3, -0.25) is 0 Å². The number of nitrogens with zero attached hydrogens (tertiary/aromatic N) is 2. The van der Waals surface area contributed by atoms with Gasteiger partial charge in [0.25, 0.3) is 0 Å². The molecule has 3 nitrogen and oxygen atoms in total. The maximum Gasteiger partial charge on any atom is 0.434 e. The molecule has 0 aliphatic carbocycles. The Bertz CT molecular complexity index is 628. The highest BCUT2D eigenvalue weighted by Crippen LogP contribution is 2.34. The van der Waals surface area contributed by atoms with E-state index in [1.54, 1.807) is 0 Å². The van der Waals surface area contributed by atoms with Gasteiger partial charge in [-0.1, -0.05) is 11.6 Å². The number of imidazole rings is 1. The fraction of sp³-hybridized carbons (Fsp3) is 0.250. The third-order valence-corrected chi connectivity index (χ3v) is 2.97. The van der Waals surface area contributed by atoms with Gasteiger partial charge >= 0.3 is 6.18 Å². The lowest BCUT2D eigenvalue weighted by molar-refractivity contribution is -0.140. The number of rotatable bonds is 2. The van der Waals surface area contributed by atoms with Gasteiger partial charge in [-0.2, -0.15) is 13.2 Å². The summed E-state index contributed by atoms with van der Waals surface area (Å²) in [6, 6.07) is 2.28. The molecule has 0 unspecified atom stereocenters. The van der Waals surface area contributed by atoms with Gasteiger partial charge in [-0.05, 0) is 17.7 Å². The van der Waals surface area contributed by atoms with Crippen LogP contribution in [0.4, 0.5) is 17.6 Å². The topological polar surface area (TPSA) is 38.0 Å². The second-order valence-electron chi connectivity index (χ2n) is 4.15. The van der Waals surface area contributed by atoms with E-state index >= 15 is 0 Å². The molecular weight excluding hydrogens is 300 g/mol.